The Labute approximate surface area is 120 Å². The fraction of sp³-hybridized carbons (Fsp3) is 0.533. The van der Waals surface area contributed by atoms with Gasteiger partial charge in [0.15, 0.2) is 0 Å². The second-order valence-electron chi connectivity index (χ2n) is 4.75. The summed E-state index contributed by atoms with van der Waals surface area (Å²) in [5.41, 5.74) is 0.968. The van der Waals surface area contributed by atoms with Crippen molar-refractivity contribution in [2.45, 2.75) is 39.7 Å². The first kappa shape index (κ1) is 16.1. The summed E-state index contributed by atoms with van der Waals surface area (Å²) < 4.78 is 0. The van der Waals surface area contributed by atoms with E-state index in [1.54, 1.807) is 24.2 Å². The minimum Gasteiger partial charge on any atom is -0.352 e. The fourth-order valence-electron chi connectivity index (χ4n) is 1.80. The van der Waals surface area contributed by atoms with Crippen LogP contribution in [0, 0.1) is 0 Å². The summed E-state index contributed by atoms with van der Waals surface area (Å²) in [5, 5.41) is 2.83. The van der Waals surface area contributed by atoms with Crippen molar-refractivity contribution in [2.24, 2.45) is 0 Å². The summed E-state index contributed by atoms with van der Waals surface area (Å²) >= 11 is 0. The Morgan fingerprint density at radius 3 is 2.75 bits per heavy atom. The molecule has 0 radical (unpaired) electrons. The number of nitrogens with one attached hydrogen (secondary N) is 1. The largest absolute Gasteiger partial charge is 0.352 e. The van der Waals surface area contributed by atoms with Crippen LogP contribution in [0.25, 0.3) is 0 Å². The van der Waals surface area contributed by atoms with Gasteiger partial charge in [0, 0.05) is 45.4 Å². The summed E-state index contributed by atoms with van der Waals surface area (Å²) in [6, 6.07) is 3.75. The van der Waals surface area contributed by atoms with Crippen molar-refractivity contribution in [2.75, 3.05) is 13.1 Å². The third kappa shape index (κ3) is 6.31. The summed E-state index contributed by atoms with van der Waals surface area (Å²) in [6.07, 6.45) is 5.77. The minimum atomic E-state index is -0.0448. The van der Waals surface area contributed by atoms with Crippen LogP contribution >= 0.6 is 0 Å². The molecule has 0 fully saturated rings. The van der Waals surface area contributed by atoms with E-state index in [0.29, 0.717) is 19.5 Å². The van der Waals surface area contributed by atoms with Crippen LogP contribution < -0.4 is 5.32 Å². The number of nitrogens with zero attached hydrogens (tertiary/aromatic N) is 2. The van der Waals surface area contributed by atoms with Crippen molar-refractivity contribution >= 4 is 11.8 Å². The van der Waals surface area contributed by atoms with Gasteiger partial charge in [0.2, 0.25) is 11.8 Å². The summed E-state index contributed by atoms with van der Waals surface area (Å²) in [4.78, 5) is 28.9. The highest BCUT2D eigenvalue weighted by Crippen LogP contribution is 1.99. The third-order valence-electron chi connectivity index (χ3n) is 3.05. The van der Waals surface area contributed by atoms with Gasteiger partial charge in [0.25, 0.3) is 0 Å². The Morgan fingerprint density at radius 2 is 2.15 bits per heavy atom. The van der Waals surface area contributed by atoms with E-state index in [0.717, 1.165) is 24.9 Å². The van der Waals surface area contributed by atoms with E-state index in [1.807, 2.05) is 12.1 Å². The van der Waals surface area contributed by atoms with Gasteiger partial charge >= 0.3 is 0 Å². The molecule has 0 saturated heterocycles. The lowest BCUT2D eigenvalue weighted by Gasteiger charge is -2.20. The van der Waals surface area contributed by atoms with Crippen LogP contribution in [0.15, 0.2) is 24.5 Å². The van der Waals surface area contributed by atoms with Gasteiger partial charge in [-0.05, 0) is 18.1 Å². The monoisotopic (exact) mass is 277 g/mol. The van der Waals surface area contributed by atoms with Gasteiger partial charge in [-0.1, -0.05) is 19.4 Å². The van der Waals surface area contributed by atoms with Crippen LogP contribution in [0.1, 0.15) is 38.7 Å². The maximum Gasteiger partial charge on any atom is 0.222 e. The predicted octanol–water partition coefficient (Wildman–Crippen LogP) is 1.74. The molecule has 2 amide bonds. The Bertz CT molecular complexity index is 420. The second kappa shape index (κ2) is 9.07. The third-order valence-corrected chi connectivity index (χ3v) is 3.05. The Balaban J connectivity index is 2.29. The van der Waals surface area contributed by atoms with Crippen molar-refractivity contribution in [1.82, 2.24) is 15.2 Å². The van der Waals surface area contributed by atoms with Crippen LogP contribution in [-0.2, 0) is 16.1 Å². The van der Waals surface area contributed by atoms with E-state index in [4.69, 9.17) is 0 Å². The molecule has 1 heterocycles. The highest BCUT2D eigenvalue weighted by Gasteiger charge is 2.10. The summed E-state index contributed by atoms with van der Waals surface area (Å²) in [6.45, 7) is 5.31. The number of amides is 2. The number of rotatable bonds is 8. The smallest absolute Gasteiger partial charge is 0.222 e. The summed E-state index contributed by atoms with van der Waals surface area (Å²) in [7, 11) is 0. The van der Waals surface area contributed by atoms with Crippen LogP contribution in [0.2, 0.25) is 0 Å². The lowest BCUT2D eigenvalue weighted by atomic mass is 10.2. The molecule has 5 nitrogen and oxygen atoms in total. The van der Waals surface area contributed by atoms with Gasteiger partial charge in [0.1, 0.15) is 0 Å². The first-order chi connectivity index (χ1) is 9.63. The molecule has 1 N–H and O–H groups in total. The molecule has 0 aliphatic carbocycles. The predicted molar refractivity (Wildman–Crippen MR) is 77.9 cm³/mol. The first-order valence-electron chi connectivity index (χ1n) is 7.04. The van der Waals surface area contributed by atoms with Crippen LogP contribution in [0.4, 0.5) is 0 Å². The number of unbranched alkanes of at least 4 members (excludes halogenated alkanes) is 1. The molecule has 0 saturated carbocycles. The zero-order valence-electron chi connectivity index (χ0n) is 12.3. The molecular formula is C15H23N3O2. The van der Waals surface area contributed by atoms with Crippen molar-refractivity contribution in [3.8, 4) is 0 Å². The Kier molecular flexibility index (Phi) is 7.32. The summed E-state index contributed by atoms with van der Waals surface area (Å²) in [5.74, 6) is -0.0184. The molecule has 20 heavy (non-hydrogen) atoms. The normalized spacial score (nSPS) is 10.1. The second-order valence-corrected chi connectivity index (χ2v) is 4.75. The number of pyridine rings is 1. The van der Waals surface area contributed by atoms with Gasteiger partial charge in [-0.2, -0.15) is 0 Å². The van der Waals surface area contributed by atoms with E-state index in [-0.39, 0.29) is 11.8 Å². The van der Waals surface area contributed by atoms with Crippen LogP contribution in [0.5, 0.6) is 0 Å². The molecule has 5 heteroatoms. The molecule has 1 aromatic rings. The van der Waals surface area contributed by atoms with Gasteiger partial charge < -0.3 is 10.2 Å². The average molecular weight is 277 g/mol. The maximum absolute atomic E-state index is 11.7. The Morgan fingerprint density at radius 1 is 1.35 bits per heavy atom. The molecule has 0 spiro atoms. The van der Waals surface area contributed by atoms with Crippen molar-refractivity contribution < 1.29 is 9.59 Å². The number of hydrogen-bond donors (Lipinski definition) is 1. The van der Waals surface area contributed by atoms with Gasteiger partial charge in [0.05, 0.1) is 0 Å². The highest BCUT2D eigenvalue weighted by atomic mass is 16.2. The zero-order chi connectivity index (χ0) is 14.8. The molecule has 1 aromatic heterocycles. The maximum atomic E-state index is 11.7. The lowest BCUT2D eigenvalue weighted by molar-refractivity contribution is -0.129. The molecule has 0 atom stereocenters. The topological polar surface area (TPSA) is 62.3 Å². The van der Waals surface area contributed by atoms with Gasteiger partial charge in [-0.25, -0.2) is 0 Å². The van der Waals surface area contributed by atoms with Crippen molar-refractivity contribution in [1.29, 1.82) is 0 Å². The van der Waals surface area contributed by atoms with E-state index < -0.39 is 0 Å². The Hall–Kier alpha value is -1.91. The fourth-order valence-corrected chi connectivity index (χ4v) is 1.80. The quantitative estimate of drug-likeness (QED) is 0.787. The molecule has 0 aromatic carbocycles. The molecule has 110 valence electrons. The molecule has 0 aliphatic heterocycles. The molecule has 0 bridgehead atoms. The van der Waals surface area contributed by atoms with E-state index in [2.05, 4.69) is 17.2 Å². The number of carbonyl (C=O) groups is 2. The van der Waals surface area contributed by atoms with E-state index in [9.17, 15) is 9.59 Å². The van der Waals surface area contributed by atoms with Gasteiger partial charge in [-0.15, -0.1) is 0 Å². The van der Waals surface area contributed by atoms with Crippen LogP contribution in [-0.4, -0.2) is 34.8 Å². The van der Waals surface area contributed by atoms with Crippen molar-refractivity contribution in [3.05, 3.63) is 30.1 Å². The standard InChI is InChI=1S/C15H23N3O2/c1-3-4-9-18(13(2)19)10-7-15(20)17-12-14-6-5-8-16-11-14/h5-6,8,11H,3-4,7,9-10,12H2,1-2H3,(H,17,20). The number of aromatic nitrogens is 1. The zero-order valence-corrected chi connectivity index (χ0v) is 12.3. The number of hydrogen-bond acceptors (Lipinski definition) is 3. The van der Waals surface area contributed by atoms with E-state index >= 15 is 0 Å². The van der Waals surface area contributed by atoms with Crippen molar-refractivity contribution in [3.63, 3.8) is 0 Å². The number of carbonyl (C=O) groups excluding carboxylic acids is 2. The average Bonchev–Trinajstić information content (AvgIpc) is 2.46. The minimum absolute atomic E-state index is 0.0264. The van der Waals surface area contributed by atoms with Gasteiger partial charge in [-0.3, -0.25) is 14.6 Å². The SMILES string of the molecule is CCCCN(CCC(=O)NCc1cccnc1)C(C)=O. The molecule has 1 rings (SSSR count). The molecule has 0 unspecified atom stereocenters. The van der Waals surface area contributed by atoms with Crippen LogP contribution in [0.3, 0.4) is 0 Å². The molecule has 0 aliphatic rings. The van der Waals surface area contributed by atoms with E-state index in [1.165, 1.54) is 0 Å². The highest BCUT2D eigenvalue weighted by molar-refractivity contribution is 5.77. The first-order valence-corrected chi connectivity index (χ1v) is 7.04. The molecular weight excluding hydrogens is 254 g/mol. The lowest BCUT2D eigenvalue weighted by Crippen LogP contribution is -2.34.